The van der Waals surface area contributed by atoms with E-state index in [1.54, 1.807) is 0 Å². The van der Waals surface area contributed by atoms with Crippen LogP contribution in [-0.2, 0) is 6.54 Å². The Balaban J connectivity index is 1.91. The molecule has 0 radical (unpaired) electrons. The highest BCUT2D eigenvalue weighted by atomic mass is 35.5. The molecule has 4 heteroatoms. The molecule has 3 nitrogen and oxygen atoms in total. The van der Waals surface area contributed by atoms with E-state index in [0.717, 1.165) is 26.1 Å². The van der Waals surface area contributed by atoms with Gasteiger partial charge in [-0.1, -0.05) is 17.7 Å². The van der Waals surface area contributed by atoms with E-state index in [-0.39, 0.29) is 0 Å². The number of nitrogens with zero attached hydrogens (tertiary/aromatic N) is 2. The van der Waals surface area contributed by atoms with E-state index in [1.165, 1.54) is 12.0 Å². The number of pyridine rings is 1. The normalized spacial score (nSPS) is 22.2. The number of likely N-dealkylation sites (tertiary alicyclic amines) is 1. The Morgan fingerprint density at radius 2 is 2.38 bits per heavy atom. The number of halogens is 1. The van der Waals surface area contributed by atoms with Gasteiger partial charge in [-0.15, -0.1) is 0 Å². The van der Waals surface area contributed by atoms with Crippen LogP contribution in [0.1, 0.15) is 18.4 Å². The van der Waals surface area contributed by atoms with Crippen molar-refractivity contribution in [3.05, 3.63) is 29.0 Å². The predicted molar refractivity (Wildman–Crippen MR) is 64.3 cm³/mol. The lowest BCUT2D eigenvalue weighted by molar-refractivity contribution is 0.116. The SMILES string of the molecule is OC[C@H]1CCCN(Cc2ccc(Cl)nc2)C1. The summed E-state index contributed by atoms with van der Waals surface area (Å²) in [6, 6.07) is 3.84. The average Bonchev–Trinajstić information content (AvgIpc) is 2.32. The van der Waals surface area contributed by atoms with Crippen molar-refractivity contribution < 1.29 is 5.11 Å². The van der Waals surface area contributed by atoms with Gasteiger partial charge < -0.3 is 5.11 Å². The van der Waals surface area contributed by atoms with E-state index in [2.05, 4.69) is 9.88 Å². The van der Waals surface area contributed by atoms with Gasteiger partial charge in [-0.25, -0.2) is 4.98 Å². The van der Waals surface area contributed by atoms with Crippen molar-refractivity contribution in [1.82, 2.24) is 9.88 Å². The van der Waals surface area contributed by atoms with Crippen LogP contribution in [-0.4, -0.2) is 34.7 Å². The molecule has 0 bridgehead atoms. The van der Waals surface area contributed by atoms with Gasteiger partial charge in [0.2, 0.25) is 0 Å². The number of piperidine rings is 1. The summed E-state index contributed by atoms with van der Waals surface area (Å²) in [6.45, 7) is 3.30. The zero-order valence-electron chi connectivity index (χ0n) is 9.27. The molecule has 1 aliphatic heterocycles. The smallest absolute Gasteiger partial charge is 0.129 e. The first-order valence-corrected chi connectivity index (χ1v) is 6.09. The standard InChI is InChI=1S/C12H17ClN2O/c13-12-4-3-10(6-14-12)7-15-5-1-2-11(8-15)9-16/h3-4,6,11,16H,1-2,5,7-9H2/t11-/m0/s1. The third-order valence-corrected chi connectivity index (χ3v) is 3.28. The van der Waals surface area contributed by atoms with Crippen molar-refractivity contribution in [2.45, 2.75) is 19.4 Å². The fourth-order valence-electron chi connectivity index (χ4n) is 2.20. The van der Waals surface area contributed by atoms with Crippen LogP contribution in [0.3, 0.4) is 0 Å². The molecule has 88 valence electrons. The Bertz CT molecular complexity index is 328. The molecule has 0 spiro atoms. The van der Waals surface area contributed by atoms with E-state index < -0.39 is 0 Å². The topological polar surface area (TPSA) is 36.4 Å². The first-order chi connectivity index (χ1) is 7.78. The molecule has 0 amide bonds. The summed E-state index contributed by atoms with van der Waals surface area (Å²) in [6.07, 6.45) is 4.14. The zero-order valence-corrected chi connectivity index (χ0v) is 10.0. The van der Waals surface area contributed by atoms with Crippen molar-refractivity contribution in [3.8, 4) is 0 Å². The molecule has 1 saturated heterocycles. The maximum Gasteiger partial charge on any atom is 0.129 e. The number of aliphatic hydroxyl groups excluding tert-OH is 1. The Labute approximate surface area is 101 Å². The van der Waals surface area contributed by atoms with Gasteiger partial charge in [-0.2, -0.15) is 0 Å². The lowest BCUT2D eigenvalue weighted by Gasteiger charge is -2.31. The lowest BCUT2D eigenvalue weighted by Crippen LogP contribution is -2.36. The Kier molecular flexibility index (Phi) is 4.16. The Hall–Kier alpha value is -0.640. The summed E-state index contributed by atoms with van der Waals surface area (Å²) in [5, 5.41) is 9.69. The highest BCUT2D eigenvalue weighted by molar-refractivity contribution is 6.29. The number of aliphatic hydroxyl groups is 1. The van der Waals surface area contributed by atoms with Gasteiger partial charge in [0.25, 0.3) is 0 Å². The quantitative estimate of drug-likeness (QED) is 0.821. The van der Waals surface area contributed by atoms with Crippen LogP contribution in [0.25, 0.3) is 0 Å². The highest BCUT2D eigenvalue weighted by Gasteiger charge is 2.18. The molecule has 0 aromatic carbocycles. The number of aromatic nitrogens is 1. The van der Waals surface area contributed by atoms with Crippen LogP contribution < -0.4 is 0 Å². The molecule has 2 heterocycles. The Morgan fingerprint density at radius 1 is 1.50 bits per heavy atom. The lowest BCUT2D eigenvalue weighted by atomic mass is 9.99. The molecule has 2 rings (SSSR count). The molecular formula is C12H17ClN2O. The van der Waals surface area contributed by atoms with E-state index in [0.29, 0.717) is 17.7 Å². The molecule has 1 aromatic heterocycles. The van der Waals surface area contributed by atoms with Crippen LogP contribution in [0.4, 0.5) is 0 Å². The van der Waals surface area contributed by atoms with Gasteiger partial charge >= 0.3 is 0 Å². The van der Waals surface area contributed by atoms with Gasteiger partial charge in [0.05, 0.1) is 0 Å². The third kappa shape index (κ3) is 3.17. The minimum atomic E-state index is 0.301. The maximum atomic E-state index is 9.15. The molecule has 1 fully saturated rings. The summed E-state index contributed by atoms with van der Waals surface area (Å²) in [5.41, 5.74) is 1.18. The summed E-state index contributed by atoms with van der Waals surface area (Å²) in [4.78, 5) is 6.44. The molecule has 16 heavy (non-hydrogen) atoms. The molecular weight excluding hydrogens is 224 g/mol. The number of rotatable bonds is 3. The summed E-state index contributed by atoms with van der Waals surface area (Å²) < 4.78 is 0. The molecule has 0 saturated carbocycles. The molecule has 1 aliphatic rings. The summed E-state index contributed by atoms with van der Waals surface area (Å²) >= 11 is 5.74. The molecule has 0 unspecified atom stereocenters. The fraction of sp³-hybridized carbons (Fsp3) is 0.583. The van der Waals surface area contributed by atoms with E-state index in [4.69, 9.17) is 16.7 Å². The third-order valence-electron chi connectivity index (χ3n) is 3.06. The molecule has 1 N–H and O–H groups in total. The van der Waals surface area contributed by atoms with Crippen LogP contribution in [0.5, 0.6) is 0 Å². The largest absolute Gasteiger partial charge is 0.396 e. The average molecular weight is 241 g/mol. The second-order valence-corrected chi connectivity index (χ2v) is 4.80. The van der Waals surface area contributed by atoms with Crippen LogP contribution in [0, 0.1) is 5.92 Å². The van der Waals surface area contributed by atoms with Crippen molar-refractivity contribution in [2.24, 2.45) is 5.92 Å². The highest BCUT2D eigenvalue weighted by Crippen LogP contribution is 2.18. The second-order valence-electron chi connectivity index (χ2n) is 4.42. The van der Waals surface area contributed by atoms with E-state index in [9.17, 15) is 0 Å². The second kappa shape index (κ2) is 5.62. The maximum absolute atomic E-state index is 9.15. The van der Waals surface area contributed by atoms with Crippen molar-refractivity contribution in [3.63, 3.8) is 0 Å². The first-order valence-electron chi connectivity index (χ1n) is 5.71. The van der Waals surface area contributed by atoms with Crippen LogP contribution in [0.15, 0.2) is 18.3 Å². The van der Waals surface area contributed by atoms with Gasteiger partial charge in [0.1, 0.15) is 5.15 Å². The van der Waals surface area contributed by atoms with E-state index >= 15 is 0 Å². The minimum Gasteiger partial charge on any atom is -0.396 e. The summed E-state index contributed by atoms with van der Waals surface area (Å²) in [5.74, 6) is 0.439. The first kappa shape index (κ1) is 11.8. The van der Waals surface area contributed by atoms with Crippen LogP contribution >= 0.6 is 11.6 Å². The van der Waals surface area contributed by atoms with Crippen molar-refractivity contribution >= 4 is 11.6 Å². The van der Waals surface area contributed by atoms with Gasteiger partial charge in [0, 0.05) is 25.9 Å². The minimum absolute atomic E-state index is 0.301. The summed E-state index contributed by atoms with van der Waals surface area (Å²) in [7, 11) is 0. The van der Waals surface area contributed by atoms with Gasteiger partial charge in [-0.3, -0.25) is 4.90 Å². The van der Waals surface area contributed by atoms with Crippen molar-refractivity contribution in [1.29, 1.82) is 0 Å². The van der Waals surface area contributed by atoms with Gasteiger partial charge in [-0.05, 0) is 36.9 Å². The fourth-order valence-corrected chi connectivity index (χ4v) is 2.31. The predicted octanol–water partition coefficient (Wildman–Crippen LogP) is 1.94. The molecule has 0 aliphatic carbocycles. The van der Waals surface area contributed by atoms with E-state index in [1.807, 2.05) is 18.3 Å². The Morgan fingerprint density at radius 3 is 3.06 bits per heavy atom. The monoisotopic (exact) mass is 240 g/mol. The molecule has 1 aromatic rings. The van der Waals surface area contributed by atoms with Crippen LogP contribution in [0.2, 0.25) is 5.15 Å². The number of hydrogen-bond donors (Lipinski definition) is 1. The molecule has 1 atom stereocenters. The number of hydrogen-bond acceptors (Lipinski definition) is 3. The van der Waals surface area contributed by atoms with Crippen molar-refractivity contribution in [2.75, 3.05) is 19.7 Å². The van der Waals surface area contributed by atoms with Gasteiger partial charge in [0.15, 0.2) is 0 Å². The zero-order chi connectivity index (χ0) is 11.4.